The first-order valence-corrected chi connectivity index (χ1v) is 5.04. The molecule has 0 bridgehead atoms. The molecule has 0 aromatic carbocycles. The first-order chi connectivity index (χ1) is 6.66. The van der Waals surface area contributed by atoms with Crippen LogP contribution in [0.25, 0.3) is 0 Å². The summed E-state index contributed by atoms with van der Waals surface area (Å²) in [4.78, 5) is 10.7. The monoisotopic (exact) mass is 196 g/mol. The lowest BCUT2D eigenvalue weighted by Gasteiger charge is -1.94. The van der Waals surface area contributed by atoms with Gasteiger partial charge in [-0.25, -0.2) is 4.79 Å². The predicted octanol–water partition coefficient (Wildman–Crippen LogP) is 3.24. The molecule has 0 unspecified atom stereocenters. The van der Waals surface area contributed by atoms with E-state index in [1.807, 2.05) is 6.08 Å². The van der Waals surface area contributed by atoms with E-state index >= 15 is 0 Å². The molecule has 0 atom stereocenters. The maximum Gasteiger partial charge on any atom is 0.330 e. The molecule has 14 heavy (non-hydrogen) atoms. The number of rotatable bonds is 6. The van der Waals surface area contributed by atoms with Gasteiger partial charge in [-0.1, -0.05) is 17.7 Å². The molecule has 2 heteroatoms. The summed E-state index contributed by atoms with van der Waals surface area (Å²) in [5.41, 5.74) is 1.37. The fourth-order valence-electron chi connectivity index (χ4n) is 1.04. The first kappa shape index (κ1) is 12.9. The van der Waals surface area contributed by atoms with Crippen LogP contribution < -0.4 is 0 Å². The van der Waals surface area contributed by atoms with E-state index < -0.39 is 0 Å². The molecule has 0 spiro atoms. The normalized spacial score (nSPS) is 10.2. The number of hydrogen-bond acceptors (Lipinski definition) is 2. The van der Waals surface area contributed by atoms with Crippen LogP contribution in [0.15, 0.2) is 23.8 Å². The highest BCUT2D eigenvalue weighted by Crippen LogP contribution is 2.03. The highest BCUT2D eigenvalue weighted by molar-refractivity contribution is 5.81. The van der Waals surface area contributed by atoms with Crippen LogP contribution in [0.5, 0.6) is 0 Å². The second kappa shape index (κ2) is 8.54. The second-order valence-corrected chi connectivity index (χ2v) is 3.49. The summed E-state index contributed by atoms with van der Waals surface area (Å²) in [5, 5.41) is 0. The third-order valence-electron chi connectivity index (χ3n) is 1.83. The van der Waals surface area contributed by atoms with Crippen molar-refractivity contribution in [3.8, 4) is 0 Å². The number of allylic oxidation sites excluding steroid dienone is 3. The van der Waals surface area contributed by atoms with Crippen molar-refractivity contribution >= 4 is 5.97 Å². The lowest BCUT2D eigenvalue weighted by Crippen LogP contribution is -1.93. The topological polar surface area (TPSA) is 26.3 Å². The molecule has 0 rings (SSSR count). The van der Waals surface area contributed by atoms with Crippen molar-refractivity contribution in [3.63, 3.8) is 0 Å². The number of methoxy groups -OCH3 is 1. The van der Waals surface area contributed by atoms with E-state index in [-0.39, 0.29) is 5.97 Å². The summed E-state index contributed by atoms with van der Waals surface area (Å²) in [7, 11) is 1.39. The van der Waals surface area contributed by atoms with Gasteiger partial charge < -0.3 is 4.74 Å². The maximum atomic E-state index is 10.7. The fraction of sp³-hybridized carbons (Fsp3) is 0.583. The van der Waals surface area contributed by atoms with Crippen molar-refractivity contribution in [2.45, 2.75) is 39.5 Å². The van der Waals surface area contributed by atoms with Crippen molar-refractivity contribution in [2.24, 2.45) is 0 Å². The standard InChI is InChI=1S/C12H20O2/c1-11(2)9-7-5-4-6-8-10-12(13)14-3/h8-10H,4-7H2,1-3H3/b10-8+. The number of unbranched alkanes of at least 4 members (excludes halogenated alkanes) is 3. The summed E-state index contributed by atoms with van der Waals surface area (Å²) in [6, 6.07) is 0. The lowest BCUT2D eigenvalue weighted by atomic mass is 10.1. The third kappa shape index (κ3) is 9.04. The van der Waals surface area contributed by atoms with Crippen molar-refractivity contribution < 1.29 is 9.53 Å². The van der Waals surface area contributed by atoms with Crippen molar-refractivity contribution in [1.29, 1.82) is 0 Å². The van der Waals surface area contributed by atoms with Gasteiger partial charge in [0.05, 0.1) is 7.11 Å². The Morgan fingerprint density at radius 3 is 2.43 bits per heavy atom. The molecule has 0 aromatic rings. The first-order valence-electron chi connectivity index (χ1n) is 5.04. The maximum absolute atomic E-state index is 10.7. The van der Waals surface area contributed by atoms with Crippen LogP contribution in [0.2, 0.25) is 0 Å². The van der Waals surface area contributed by atoms with Gasteiger partial charge in [-0.15, -0.1) is 0 Å². The Labute approximate surface area is 86.6 Å². The average Bonchev–Trinajstić information content (AvgIpc) is 2.15. The molecule has 0 aromatic heterocycles. The Bertz CT molecular complexity index is 210. The van der Waals surface area contributed by atoms with Gasteiger partial charge in [-0.3, -0.25) is 0 Å². The zero-order valence-electron chi connectivity index (χ0n) is 9.38. The van der Waals surface area contributed by atoms with Gasteiger partial charge in [0.2, 0.25) is 0 Å². The molecular weight excluding hydrogens is 176 g/mol. The van der Waals surface area contributed by atoms with E-state index in [2.05, 4.69) is 24.7 Å². The van der Waals surface area contributed by atoms with E-state index in [1.54, 1.807) is 0 Å². The van der Waals surface area contributed by atoms with Gasteiger partial charge in [0.25, 0.3) is 0 Å². The van der Waals surface area contributed by atoms with Crippen molar-refractivity contribution in [2.75, 3.05) is 7.11 Å². The Balaban J connectivity index is 3.34. The SMILES string of the molecule is COC(=O)/C=C/CCCCC=C(C)C. The van der Waals surface area contributed by atoms with Crippen LogP contribution in [-0.4, -0.2) is 13.1 Å². The number of ether oxygens (including phenoxy) is 1. The number of carbonyl (C=O) groups excluding carboxylic acids is 1. The molecule has 0 N–H and O–H groups in total. The van der Waals surface area contributed by atoms with E-state index in [9.17, 15) is 4.79 Å². The van der Waals surface area contributed by atoms with Gasteiger partial charge >= 0.3 is 5.97 Å². The minimum atomic E-state index is -0.269. The molecule has 0 amide bonds. The largest absolute Gasteiger partial charge is 0.466 e. The van der Waals surface area contributed by atoms with Crippen LogP contribution >= 0.6 is 0 Å². The summed E-state index contributed by atoms with van der Waals surface area (Å²) in [6.45, 7) is 4.22. The van der Waals surface area contributed by atoms with Gasteiger partial charge in [0, 0.05) is 6.08 Å². The minimum Gasteiger partial charge on any atom is -0.466 e. The quantitative estimate of drug-likeness (QED) is 0.282. The van der Waals surface area contributed by atoms with Crippen LogP contribution in [0.1, 0.15) is 39.5 Å². The van der Waals surface area contributed by atoms with Gasteiger partial charge in [0.15, 0.2) is 0 Å². The Hall–Kier alpha value is -1.05. The Morgan fingerprint density at radius 2 is 1.86 bits per heavy atom. The van der Waals surface area contributed by atoms with E-state index in [1.165, 1.54) is 25.2 Å². The Morgan fingerprint density at radius 1 is 1.21 bits per heavy atom. The zero-order chi connectivity index (χ0) is 10.8. The molecule has 0 aliphatic carbocycles. The second-order valence-electron chi connectivity index (χ2n) is 3.49. The van der Waals surface area contributed by atoms with E-state index in [0.717, 1.165) is 19.3 Å². The predicted molar refractivity (Wildman–Crippen MR) is 59.1 cm³/mol. The van der Waals surface area contributed by atoms with E-state index in [4.69, 9.17) is 0 Å². The molecule has 0 heterocycles. The smallest absolute Gasteiger partial charge is 0.330 e. The van der Waals surface area contributed by atoms with Gasteiger partial charge in [-0.05, 0) is 39.5 Å². The van der Waals surface area contributed by atoms with E-state index in [0.29, 0.717) is 0 Å². The van der Waals surface area contributed by atoms with Crippen molar-refractivity contribution in [3.05, 3.63) is 23.8 Å². The van der Waals surface area contributed by atoms with Gasteiger partial charge in [-0.2, -0.15) is 0 Å². The van der Waals surface area contributed by atoms with Crippen molar-refractivity contribution in [1.82, 2.24) is 0 Å². The van der Waals surface area contributed by atoms with Crippen LogP contribution in [0.4, 0.5) is 0 Å². The fourth-order valence-corrected chi connectivity index (χ4v) is 1.04. The number of esters is 1. The summed E-state index contributed by atoms with van der Waals surface area (Å²) in [5.74, 6) is -0.269. The minimum absolute atomic E-state index is 0.269. The van der Waals surface area contributed by atoms with Crippen LogP contribution in [0.3, 0.4) is 0 Å². The molecule has 0 saturated carbocycles. The van der Waals surface area contributed by atoms with Gasteiger partial charge in [0.1, 0.15) is 0 Å². The molecule has 80 valence electrons. The lowest BCUT2D eigenvalue weighted by molar-refractivity contribution is -0.134. The van der Waals surface area contributed by atoms with Crippen LogP contribution in [-0.2, 0) is 9.53 Å². The summed E-state index contributed by atoms with van der Waals surface area (Å²) in [6.07, 6.45) is 9.98. The highest BCUT2D eigenvalue weighted by Gasteiger charge is 1.89. The number of carbonyl (C=O) groups is 1. The highest BCUT2D eigenvalue weighted by atomic mass is 16.5. The molecular formula is C12H20O2. The molecule has 0 radical (unpaired) electrons. The van der Waals surface area contributed by atoms with Crippen LogP contribution in [0, 0.1) is 0 Å². The summed E-state index contributed by atoms with van der Waals surface area (Å²) >= 11 is 0. The number of hydrogen-bond donors (Lipinski definition) is 0. The Kier molecular flexibility index (Phi) is 7.90. The third-order valence-corrected chi connectivity index (χ3v) is 1.83. The molecule has 0 saturated heterocycles. The molecule has 0 fully saturated rings. The zero-order valence-corrected chi connectivity index (χ0v) is 9.38. The summed E-state index contributed by atoms with van der Waals surface area (Å²) < 4.78 is 4.47. The molecule has 2 nitrogen and oxygen atoms in total. The average molecular weight is 196 g/mol. The molecule has 0 aliphatic rings. The molecule has 0 aliphatic heterocycles.